The monoisotopic (exact) mass is 264 g/mol. The molecule has 3 nitrogen and oxygen atoms in total. The van der Waals surface area contributed by atoms with E-state index in [1.54, 1.807) is 6.92 Å². The van der Waals surface area contributed by atoms with Gasteiger partial charge in [-0.15, -0.1) is 6.58 Å². The molecular weight excluding hydrogens is 248 g/mol. The van der Waals surface area contributed by atoms with Gasteiger partial charge in [0.05, 0.1) is 6.61 Å². The summed E-state index contributed by atoms with van der Waals surface area (Å²) in [6.45, 7) is 5.51. The Balaban J connectivity index is 2.67. The normalized spacial score (nSPS) is 22.5. The molecule has 0 amide bonds. The maximum atomic E-state index is 12.4. The predicted molar refractivity (Wildman–Crippen MR) is 72.5 cm³/mol. The molecule has 0 radical (unpaired) electrons. The van der Waals surface area contributed by atoms with Crippen LogP contribution >= 0.6 is 0 Å². The van der Waals surface area contributed by atoms with Crippen LogP contribution in [0.5, 0.6) is 0 Å². The molecule has 0 N–H and O–H groups in total. The van der Waals surface area contributed by atoms with E-state index in [0.717, 1.165) is 11.1 Å². The van der Waals surface area contributed by atoms with Crippen LogP contribution in [-0.4, -0.2) is 15.0 Å². The van der Waals surface area contributed by atoms with Crippen molar-refractivity contribution in [3.8, 4) is 0 Å². The summed E-state index contributed by atoms with van der Waals surface area (Å²) in [5, 5.41) is 0. The summed E-state index contributed by atoms with van der Waals surface area (Å²) < 4.78 is 28.6. The summed E-state index contributed by atoms with van der Waals surface area (Å²) in [5.74, 6) is 0. The van der Waals surface area contributed by atoms with Gasteiger partial charge in [0.2, 0.25) is 0 Å². The van der Waals surface area contributed by atoms with Crippen LogP contribution in [0.25, 0.3) is 6.08 Å². The minimum Gasteiger partial charge on any atom is -0.269 e. The first-order valence-corrected chi connectivity index (χ1v) is 7.27. The van der Waals surface area contributed by atoms with Crippen molar-refractivity contribution in [2.75, 3.05) is 6.61 Å². The summed E-state index contributed by atoms with van der Waals surface area (Å²) in [6.07, 6.45) is 5.61. The zero-order valence-electron chi connectivity index (χ0n) is 10.3. The molecule has 1 aromatic rings. The van der Waals surface area contributed by atoms with E-state index in [1.807, 2.05) is 36.4 Å². The van der Waals surface area contributed by atoms with Gasteiger partial charge in [0.25, 0.3) is 10.1 Å². The highest BCUT2D eigenvalue weighted by Crippen LogP contribution is 2.42. The lowest BCUT2D eigenvalue weighted by Crippen LogP contribution is -2.36. The molecule has 0 heterocycles. The lowest BCUT2D eigenvalue weighted by Gasteiger charge is -2.32. The van der Waals surface area contributed by atoms with Crippen molar-refractivity contribution in [3.05, 3.63) is 54.1 Å². The van der Waals surface area contributed by atoms with Gasteiger partial charge in [0.1, 0.15) is 4.75 Å². The molecule has 0 saturated carbocycles. The lowest BCUT2D eigenvalue weighted by molar-refractivity contribution is 0.321. The van der Waals surface area contributed by atoms with Crippen molar-refractivity contribution >= 4 is 16.2 Å². The Morgan fingerprint density at radius 2 is 2.17 bits per heavy atom. The summed E-state index contributed by atoms with van der Waals surface area (Å²) in [7, 11) is -3.73. The molecule has 1 aliphatic carbocycles. The average molecular weight is 264 g/mol. The van der Waals surface area contributed by atoms with Gasteiger partial charge in [-0.25, -0.2) is 0 Å². The summed E-state index contributed by atoms with van der Waals surface area (Å²) in [4.78, 5) is 0. The molecule has 0 aliphatic heterocycles. The molecule has 0 bridgehead atoms. The maximum Gasteiger partial charge on any atom is 0.281 e. The second-order valence-electron chi connectivity index (χ2n) is 4.15. The Kier molecular flexibility index (Phi) is 3.41. The highest BCUT2D eigenvalue weighted by atomic mass is 32.2. The molecular formula is C14H16O3S. The first-order chi connectivity index (χ1) is 8.57. The Morgan fingerprint density at radius 1 is 1.44 bits per heavy atom. The SMILES string of the molecule is C=CC1(S(=O)(=O)OCC)CC=Cc2ccccc21. The Bertz CT molecular complexity index is 587. The quantitative estimate of drug-likeness (QED) is 0.620. The van der Waals surface area contributed by atoms with E-state index in [-0.39, 0.29) is 6.61 Å². The third-order valence-electron chi connectivity index (χ3n) is 3.18. The van der Waals surface area contributed by atoms with Crippen molar-refractivity contribution in [1.29, 1.82) is 0 Å². The molecule has 0 saturated heterocycles. The first-order valence-electron chi connectivity index (χ1n) is 5.86. The van der Waals surface area contributed by atoms with Gasteiger partial charge >= 0.3 is 0 Å². The Labute approximate surface area is 108 Å². The zero-order valence-corrected chi connectivity index (χ0v) is 11.1. The smallest absolute Gasteiger partial charge is 0.269 e. The maximum absolute atomic E-state index is 12.4. The van der Waals surface area contributed by atoms with Gasteiger partial charge in [-0.1, -0.05) is 42.5 Å². The van der Waals surface area contributed by atoms with Gasteiger partial charge in [0.15, 0.2) is 0 Å². The molecule has 18 heavy (non-hydrogen) atoms. The highest BCUT2D eigenvalue weighted by Gasteiger charge is 2.45. The summed E-state index contributed by atoms with van der Waals surface area (Å²) >= 11 is 0. The molecule has 2 rings (SSSR count). The fourth-order valence-electron chi connectivity index (χ4n) is 2.29. The van der Waals surface area contributed by atoms with E-state index < -0.39 is 14.9 Å². The topological polar surface area (TPSA) is 43.4 Å². The first kappa shape index (κ1) is 13.1. The van der Waals surface area contributed by atoms with E-state index in [1.165, 1.54) is 6.08 Å². The lowest BCUT2D eigenvalue weighted by atomic mass is 9.86. The van der Waals surface area contributed by atoms with Crippen LogP contribution in [0.1, 0.15) is 24.5 Å². The van der Waals surface area contributed by atoms with E-state index in [2.05, 4.69) is 6.58 Å². The molecule has 1 aromatic carbocycles. The van der Waals surface area contributed by atoms with Crippen LogP contribution in [0, 0.1) is 0 Å². The minimum absolute atomic E-state index is 0.129. The molecule has 0 aromatic heterocycles. The van der Waals surface area contributed by atoms with E-state index in [9.17, 15) is 8.42 Å². The second-order valence-corrected chi connectivity index (χ2v) is 6.02. The standard InChI is InChI=1S/C14H16O3S/c1-3-14(18(15,16)17-4-2)11-7-9-12-8-5-6-10-13(12)14/h3,5-10H,1,4,11H2,2H3. The minimum atomic E-state index is -3.73. The van der Waals surface area contributed by atoms with Gasteiger partial charge in [0, 0.05) is 0 Å². The predicted octanol–water partition coefficient (Wildman–Crippen LogP) is 2.85. The second kappa shape index (κ2) is 4.71. The van der Waals surface area contributed by atoms with Crippen LogP contribution in [-0.2, 0) is 19.0 Å². The van der Waals surface area contributed by atoms with Crippen molar-refractivity contribution in [1.82, 2.24) is 0 Å². The third-order valence-corrected chi connectivity index (χ3v) is 5.18. The molecule has 1 aliphatic rings. The average Bonchev–Trinajstić information content (AvgIpc) is 2.37. The number of hydrogen-bond donors (Lipinski definition) is 0. The Hall–Kier alpha value is -1.39. The van der Waals surface area contributed by atoms with Crippen LogP contribution in [0.3, 0.4) is 0 Å². The van der Waals surface area contributed by atoms with E-state index >= 15 is 0 Å². The number of rotatable bonds is 4. The van der Waals surface area contributed by atoms with Gasteiger partial charge in [-0.3, -0.25) is 4.18 Å². The molecule has 4 heteroatoms. The molecule has 96 valence electrons. The van der Waals surface area contributed by atoms with Crippen molar-refractivity contribution < 1.29 is 12.6 Å². The number of fused-ring (bicyclic) bond motifs is 1. The number of hydrogen-bond acceptors (Lipinski definition) is 3. The molecule has 0 spiro atoms. The molecule has 0 fully saturated rings. The van der Waals surface area contributed by atoms with Crippen molar-refractivity contribution in [2.45, 2.75) is 18.1 Å². The summed E-state index contributed by atoms with van der Waals surface area (Å²) in [5.41, 5.74) is 1.63. The molecule has 1 unspecified atom stereocenters. The van der Waals surface area contributed by atoms with Crippen molar-refractivity contribution in [2.24, 2.45) is 0 Å². The summed E-state index contributed by atoms with van der Waals surface area (Å²) in [6, 6.07) is 7.43. The van der Waals surface area contributed by atoms with Crippen LogP contribution in [0.4, 0.5) is 0 Å². The van der Waals surface area contributed by atoms with E-state index in [4.69, 9.17) is 4.18 Å². The fourth-order valence-corrected chi connectivity index (χ4v) is 3.77. The van der Waals surface area contributed by atoms with Crippen molar-refractivity contribution in [3.63, 3.8) is 0 Å². The Morgan fingerprint density at radius 3 is 2.83 bits per heavy atom. The third kappa shape index (κ3) is 1.82. The molecule has 1 atom stereocenters. The number of benzene rings is 1. The van der Waals surface area contributed by atoms with Crippen LogP contribution in [0.2, 0.25) is 0 Å². The zero-order chi connectivity index (χ0) is 13.2. The highest BCUT2D eigenvalue weighted by molar-refractivity contribution is 7.88. The van der Waals surface area contributed by atoms with E-state index in [0.29, 0.717) is 6.42 Å². The van der Waals surface area contributed by atoms with Gasteiger partial charge in [-0.2, -0.15) is 8.42 Å². The fraction of sp³-hybridized carbons (Fsp3) is 0.286. The van der Waals surface area contributed by atoms with Crippen LogP contribution in [0.15, 0.2) is 43.0 Å². The van der Waals surface area contributed by atoms with Gasteiger partial charge in [-0.05, 0) is 24.5 Å². The number of allylic oxidation sites excluding steroid dienone is 1. The largest absolute Gasteiger partial charge is 0.281 e. The van der Waals surface area contributed by atoms with Crippen LogP contribution < -0.4 is 0 Å². The van der Waals surface area contributed by atoms with Gasteiger partial charge < -0.3 is 0 Å².